The summed E-state index contributed by atoms with van der Waals surface area (Å²) in [6.07, 6.45) is 0. The minimum absolute atomic E-state index is 0.0314. The van der Waals surface area contributed by atoms with Gasteiger partial charge in [0.1, 0.15) is 18.2 Å². The second-order valence-corrected chi connectivity index (χ2v) is 4.51. The van der Waals surface area contributed by atoms with Gasteiger partial charge in [-0.05, 0) is 30.7 Å². The highest BCUT2D eigenvalue weighted by Gasteiger charge is 2.09. The number of nitrogens with zero attached hydrogens (tertiary/aromatic N) is 1. The molecule has 18 heavy (non-hydrogen) atoms. The number of benzene rings is 1. The molecular formula is C12H10FNO3S. The van der Waals surface area contributed by atoms with E-state index in [-0.39, 0.29) is 17.4 Å². The SMILES string of the molecule is Cc1cc(OCc2csc(C(=O)O)n2)ccc1F. The number of ether oxygens (including phenoxy) is 1. The van der Waals surface area contributed by atoms with Crippen molar-refractivity contribution in [1.82, 2.24) is 4.98 Å². The van der Waals surface area contributed by atoms with Gasteiger partial charge < -0.3 is 9.84 Å². The second-order valence-electron chi connectivity index (χ2n) is 3.65. The van der Waals surface area contributed by atoms with Crippen LogP contribution in [0, 0.1) is 12.7 Å². The number of carboxylic acids is 1. The topological polar surface area (TPSA) is 59.4 Å². The van der Waals surface area contributed by atoms with Crippen LogP contribution < -0.4 is 4.74 Å². The van der Waals surface area contributed by atoms with E-state index in [9.17, 15) is 9.18 Å². The molecule has 0 saturated heterocycles. The first-order valence-corrected chi connectivity index (χ1v) is 6.01. The summed E-state index contributed by atoms with van der Waals surface area (Å²) in [5.74, 6) is -0.813. The van der Waals surface area contributed by atoms with Gasteiger partial charge in [0.2, 0.25) is 5.01 Å². The van der Waals surface area contributed by atoms with Crippen molar-refractivity contribution in [3.05, 3.63) is 45.7 Å². The summed E-state index contributed by atoms with van der Waals surface area (Å²) in [4.78, 5) is 14.5. The molecule has 1 heterocycles. The van der Waals surface area contributed by atoms with Gasteiger partial charge in [0.05, 0.1) is 5.69 Å². The van der Waals surface area contributed by atoms with Crippen LogP contribution in [-0.4, -0.2) is 16.1 Å². The Hall–Kier alpha value is -1.95. The number of hydrogen-bond acceptors (Lipinski definition) is 4. The second kappa shape index (κ2) is 5.14. The molecule has 0 bridgehead atoms. The molecular weight excluding hydrogens is 257 g/mol. The van der Waals surface area contributed by atoms with Crippen LogP contribution in [0.2, 0.25) is 0 Å². The zero-order valence-electron chi connectivity index (χ0n) is 9.51. The van der Waals surface area contributed by atoms with Crippen LogP contribution in [0.3, 0.4) is 0 Å². The lowest BCUT2D eigenvalue weighted by atomic mass is 10.2. The molecule has 0 aliphatic heterocycles. The van der Waals surface area contributed by atoms with Gasteiger partial charge in [0.15, 0.2) is 0 Å². The summed E-state index contributed by atoms with van der Waals surface area (Å²) in [7, 11) is 0. The molecule has 0 atom stereocenters. The number of carbonyl (C=O) groups is 1. The molecule has 0 saturated carbocycles. The summed E-state index contributed by atoms with van der Waals surface area (Å²) in [5.41, 5.74) is 1.04. The largest absolute Gasteiger partial charge is 0.487 e. The fourth-order valence-electron chi connectivity index (χ4n) is 1.34. The van der Waals surface area contributed by atoms with E-state index in [0.29, 0.717) is 17.0 Å². The number of rotatable bonds is 4. The molecule has 1 N–H and O–H groups in total. The van der Waals surface area contributed by atoms with Crippen LogP contribution >= 0.6 is 11.3 Å². The van der Waals surface area contributed by atoms with Gasteiger partial charge in [-0.1, -0.05) is 0 Å². The van der Waals surface area contributed by atoms with Gasteiger partial charge in [-0.3, -0.25) is 0 Å². The molecule has 0 radical (unpaired) electrons. The van der Waals surface area contributed by atoms with Crippen molar-refractivity contribution in [2.45, 2.75) is 13.5 Å². The third kappa shape index (κ3) is 2.84. The molecule has 0 aliphatic carbocycles. The van der Waals surface area contributed by atoms with Gasteiger partial charge in [-0.15, -0.1) is 11.3 Å². The van der Waals surface area contributed by atoms with Crippen LogP contribution in [0.4, 0.5) is 4.39 Å². The molecule has 0 unspecified atom stereocenters. The normalized spacial score (nSPS) is 10.3. The predicted octanol–water partition coefficient (Wildman–Crippen LogP) is 2.87. The quantitative estimate of drug-likeness (QED) is 0.925. The van der Waals surface area contributed by atoms with Crippen molar-refractivity contribution >= 4 is 17.3 Å². The van der Waals surface area contributed by atoms with Crippen LogP contribution in [0.1, 0.15) is 21.1 Å². The van der Waals surface area contributed by atoms with Crippen molar-refractivity contribution in [3.63, 3.8) is 0 Å². The molecule has 2 aromatic rings. The smallest absolute Gasteiger partial charge is 0.365 e. The number of aromatic carboxylic acids is 1. The van der Waals surface area contributed by atoms with E-state index in [2.05, 4.69) is 4.98 Å². The molecule has 94 valence electrons. The highest BCUT2D eigenvalue weighted by molar-refractivity contribution is 7.11. The standard InChI is InChI=1S/C12H10FNO3S/c1-7-4-9(2-3-10(7)13)17-5-8-6-18-11(14-8)12(15)16/h2-4,6H,5H2,1H3,(H,15,16). The fraction of sp³-hybridized carbons (Fsp3) is 0.167. The van der Waals surface area contributed by atoms with Crippen molar-refractivity contribution in [3.8, 4) is 5.75 Å². The number of halogens is 1. The lowest BCUT2D eigenvalue weighted by Crippen LogP contribution is -1.99. The maximum Gasteiger partial charge on any atom is 0.365 e. The third-order valence-corrected chi connectivity index (χ3v) is 3.13. The highest BCUT2D eigenvalue weighted by Crippen LogP contribution is 2.18. The number of thiazole rings is 1. The highest BCUT2D eigenvalue weighted by atomic mass is 32.1. The molecule has 0 aliphatic rings. The zero-order valence-corrected chi connectivity index (χ0v) is 10.3. The van der Waals surface area contributed by atoms with E-state index >= 15 is 0 Å². The van der Waals surface area contributed by atoms with E-state index in [1.54, 1.807) is 18.4 Å². The van der Waals surface area contributed by atoms with E-state index in [1.807, 2.05) is 0 Å². The maximum atomic E-state index is 13.0. The average molecular weight is 267 g/mol. The number of hydrogen-bond donors (Lipinski definition) is 1. The summed E-state index contributed by atoms with van der Waals surface area (Å²) in [6, 6.07) is 4.43. The first-order valence-electron chi connectivity index (χ1n) is 5.13. The molecule has 0 fully saturated rings. The number of aromatic nitrogens is 1. The Morgan fingerprint density at radius 2 is 2.33 bits per heavy atom. The van der Waals surface area contributed by atoms with E-state index in [1.165, 1.54) is 12.1 Å². The van der Waals surface area contributed by atoms with Gasteiger partial charge >= 0.3 is 5.97 Å². The van der Waals surface area contributed by atoms with Gasteiger partial charge in [-0.25, -0.2) is 14.2 Å². The predicted molar refractivity (Wildman–Crippen MR) is 64.5 cm³/mol. The third-order valence-electron chi connectivity index (χ3n) is 2.25. The first kappa shape index (κ1) is 12.5. The van der Waals surface area contributed by atoms with E-state index in [0.717, 1.165) is 11.3 Å². The fourth-order valence-corrected chi connectivity index (χ4v) is 1.97. The Morgan fingerprint density at radius 3 is 2.94 bits per heavy atom. The molecule has 6 heteroatoms. The number of carboxylic acid groups (broad SMARTS) is 1. The Morgan fingerprint density at radius 1 is 1.56 bits per heavy atom. The van der Waals surface area contributed by atoms with Crippen LogP contribution in [0.25, 0.3) is 0 Å². The lowest BCUT2D eigenvalue weighted by Gasteiger charge is -2.05. The monoisotopic (exact) mass is 267 g/mol. The molecule has 0 spiro atoms. The molecule has 1 aromatic heterocycles. The van der Waals surface area contributed by atoms with E-state index in [4.69, 9.17) is 9.84 Å². The molecule has 1 aromatic carbocycles. The van der Waals surface area contributed by atoms with Crippen LogP contribution in [0.15, 0.2) is 23.6 Å². The van der Waals surface area contributed by atoms with Crippen molar-refractivity contribution in [2.24, 2.45) is 0 Å². The Balaban J connectivity index is 2.02. The van der Waals surface area contributed by atoms with Crippen molar-refractivity contribution in [2.75, 3.05) is 0 Å². The van der Waals surface area contributed by atoms with Gasteiger partial charge in [-0.2, -0.15) is 0 Å². The Labute approximate surface area is 107 Å². The molecule has 0 amide bonds. The van der Waals surface area contributed by atoms with Gasteiger partial charge in [0, 0.05) is 5.38 Å². The minimum Gasteiger partial charge on any atom is -0.487 e. The number of aryl methyl sites for hydroxylation is 1. The minimum atomic E-state index is -1.05. The van der Waals surface area contributed by atoms with Crippen LogP contribution in [-0.2, 0) is 6.61 Å². The van der Waals surface area contributed by atoms with Crippen molar-refractivity contribution < 1.29 is 19.0 Å². The Bertz CT molecular complexity index is 582. The zero-order chi connectivity index (χ0) is 13.1. The van der Waals surface area contributed by atoms with E-state index < -0.39 is 5.97 Å². The molecule has 2 rings (SSSR count). The first-order chi connectivity index (χ1) is 8.56. The Kier molecular flexibility index (Phi) is 3.57. The molecule has 4 nitrogen and oxygen atoms in total. The average Bonchev–Trinajstić information content (AvgIpc) is 2.79. The summed E-state index contributed by atoms with van der Waals surface area (Å²) >= 11 is 1.05. The van der Waals surface area contributed by atoms with Crippen molar-refractivity contribution in [1.29, 1.82) is 0 Å². The van der Waals surface area contributed by atoms with Crippen LogP contribution in [0.5, 0.6) is 5.75 Å². The van der Waals surface area contributed by atoms with Gasteiger partial charge in [0.25, 0.3) is 0 Å². The summed E-state index contributed by atoms with van der Waals surface area (Å²) < 4.78 is 18.4. The summed E-state index contributed by atoms with van der Waals surface area (Å²) in [5, 5.41) is 10.4. The lowest BCUT2D eigenvalue weighted by molar-refractivity contribution is 0.0696. The summed E-state index contributed by atoms with van der Waals surface area (Å²) in [6.45, 7) is 1.81. The maximum absolute atomic E-state index is 13.0.